The second kappa shape index (κ2) is 5.89. The molecule has 1 aromatic heterocycles. The van der Waals surface area contributed by atoms with Gasteiger partial charge in [-0.1, -0.05) is 11.6 Å². The van der Waals surface area contributed by atoms with Crippen molar-refractivity contribution >= 4 is 39.5 Å². The van der Waals surface area contributed by atoms with E-state index in [1.165, 1.54) is 24.3 Å². The number of benzene rings is 2. The summed E-state index contributed by atoms with van der Waals surface area (Å²) in [6.07, 6.45) is 1.19. The molecule has 9 heteroatoms. The van der Waals surface area contributed by atoms with E-state index in [9.17, 15) is 18.9 Å². The number of nitro benzene ring substituents is 1. The molecule has 0 radical (unpaired) electrons. The zero-order valence-electron chi connectivity index (χ0n) is 11.7. The summed E-state index contributed by atoms with van der Waals surface area (Å²) in [5.41, 5.74) is 0.366. The second-order valence-corrected chi connectivity index (χ2v) is 5.16. The van der Waals surface area contributed by atoms with Crippen LogP contribution < -0.4 is 0 Å². The molecule has 6 nitrogen and oxygen atoms in total. The van der Waals surface area contributed by atoms with Gasteiger partial charge in [-0.2, -0.15) is 0 Å². The molecule has 0 saturated carbocycles. The average Bonchev–Trinajstić information content (AvgIpc) is 2.95. The molecule has 3 aromatic rings. The minimum absolute atomic E-state index is 0.0426. The number of halogens is 3. The second-order valence-electron chi connectivity index (χ2n) is 4.75. The average molecular weight is 353 g/mol. The third-order valence-electron chi connectivity index (χ3n) is 3.12. The van der Waals surface area contributed by atoms with E-state index in [4.69, 9.17) is 21.1 Å². The van der Waals surface area contributed by atoms with Gasteiger partial charge in [0.05, 0.1) is 4.92 Å². The molecule has 0 atom stereocenters. The van der Waals surface area contributed by atoms with Gasteiger partial charge in [0, 0.05) is 12.1 Å². The first-order valence-electron chi connectivity index (χ1n) is 6.45. The van der Waals surface area contributed by atoms with Crippen molar-refractivity contribution < 1.29 is 23.2 Å². The summed E-state index contributed by atoms with van der Waals surface area (Å²) in [5, 5.41) is 19.7. The normalized spacial score (nSPS) is 11.9. The SMILES string of the molecule is O=[N+]([O-])c1ccc2oc(C(Cl)=Cc3cc(F)c(O)c(F)c3)nc2c1. The molecule has 0 aliphatic rings. The minimum atomic E-state index is -1.14. The molecule has 0 aliphatic heterocycles. The van der Waals surface area contributed by atoms with E-state index >= 15 is 0 Å². The number of fused-ring (bicyclic) bond motifs is 1. The summed E-state index contributed by atoms with van der Waals surface area (Å²) < 4.78 is 32.0. The van der Waals surface area contributed by atoms with Crippen LogP contribution in [-0.2, 0) is 0 Å². The van der Waals surface area contributed by atoms with Gasteiger partial charge in [-0.15, -0.1) is 0 Å². The van der Waals surface area contributed by atoms with Gasteiger partial charge in [0.1, 0.15) is 10.5 Å². The number of rotatable bonds is 3. The molecule has 1 heterocycles. The van der Waals surface area contributed by atoms with Crippen molar-refractivity contribution in [3.8, 4) is 5.75 Å². The first-order valence-corrected chi connectivity index (χ1v) is 6.83. The van der Waals surface area contributed by atoms with Crippen LogP contribution in [0.5, 0.6) is 5.75 Å². The van der Waals surface area contributed by atoms with Gasteiger partial charge in [0.25, 0.3) is 5.69 Å². The smallest absolute Gasteiger partial charge is 0.271 e. The third kappa shape index (κ3) is 2.91. The Morgan fingerprint density at radius 3 is 2.58 bits per heavy atom. The molecule has 0 fully saturated rings. The summed E-state index contributed by atoms with van der Waals surface area (Å²) >= 11 is 6.02. The number of aromatic hydroxyl groups is 1. The number of hydrogen-bond acceptors (Lipinski definition) is 5. The Morgan fingerprint density at radius 2 is 1.96 bits per heavy atom. The van der Waals surface area contributed by atoms with Crippen molar-refractivity contribution in [2.45, 2.75) is 0 Å². The standard InChI is InChI=1S/C15H7ClF2N2O4/c16-9(3-7-4-10(17)14(21)11(18)5-7)15-19-12-6-8(20(22)23)1-2-13(12)24-15/h1-6,21H. The van der Waals surface area contributed by atoms with Crippen LogP contribution in [0.2, 0.25) is 0 Å². The van der Waals surface area contributed by atoms with Crippen LogP contribution in [0.15, 0.2) is 34.7 Å². The van der Waals surface area contributed by atoms with Crippen molar-refractivity contribution in [1.82, 2.24) is 4.98 Å². The summed E-state index contributed by atoms with van der Waals surface area (Å²) in [6, 6.07) is 5.60. The van der Waals surface area contributed by atoms with E-state index in [0.29, 0.717) is 0 Å². The molecular weight excluding hydrogens is 346 g/mol. The summed E-state index contributed by atoms with van der Waals surface area (Å²) in [5.74, 6) is -3.43. The Morgan fingerprint density at radius 1 is 1.29 bits per heavy atom. The molecule has 3 rings (SSSR count). The molecule has 0 aliphatic carbocycles. The van der Waals surface area contributed by atoms with E-state index in [1.807, 2.05) is 0 Å². The Hall–Kier alpha value is -3.00. The maximum absolute atomic E-state index is 13.3. The van der Waals surface area contributed by atoms with Gasteiger partial charge < -0.3 is 9.52 Å². The lowest BCUT2D eigenvalue weighted by Gasteiger charge is -2.00. The third-order valence-corrected chi connectivity index (χ3v) is 3.39. The number of aromatic nitrogens is 1. The number of nitrogens with zero attached hydrogens (tertiary/aromatic N) is 2. The van der Waals surface area contributed by atoms with Gasteiger partial charge in [0.2, 0.25) is 5.89 Å². The highest BCUT2D eigenvalue weighted by Crippen LogP contribution is 2.29. The maximum atomic E-state index is 13.3. The Labute approximate surface area is 137 Å². The van der Waals surface area contributed by atoms with Crippen LogP contribution >= 0.6 is 11.6 Å². The van der Waals surface area contributed by atoms with Crippen molar-refractivity contribution in [3.05, 3.63) is 63.5 Å². The predicted octanol–water partition coefficient (Wildman–Crippen LogP) is 4.46. The number of oxazole rings is 1. The fraction of sp³-hybridized carbons (Fsp3) is 0. The molecule has 1 N–H and O–H groups in total. The van der Waals surface area contributed by atoms with Gasteiger partial charge in [-0.25, -0.2) is 13.8 Å². The minimum Gasteiger partial charge on any atom is -0.503 e. The molecule has 0 spiro atoms. The van der Waals surface area contributed by atoms with Gasteiger partial charge >= 0.3 is 0 Å². The molecule has 24 heavy (non-hydrogen) atoms. The lowest BCUT2D eigenvalue weighted by molar-refractivity contribution is -0.384. The highest BCUT2D eigenvalue weighted by Gasteiger charge is 2.14. The Bertz CT molecular complexity index is 977. The topological polar surface area (TPSA) is 89.4 Å². The number of phenols is 1. The van der Waals surface area contributed by atoms with Crippen LogP contribution in [0.25, 0.3) is 22.2 Å². The maximum Gasteiger partial charge on any atom is 0.271 e. The number of phenolic OH excluding ortho intramolecular Hbond substituents is 1. The molecular formula is C15H7ClF2N2O4. The summed E-state index contributed by atoms with van der Waals surface area (Å²) in [7, 11) is 0. The van der Waals surface area contributed by atoms with Gasteiger partial charge in [0.15, 0.2) is 23.0 Å². The van der Waals surface area contributed by atoms with E-state index in [0.717, 1.165) is 12.1 Å². The van der Waals surface area contributed by atoms with Crippen molar-refractivity contribution in [1.29, 1.82) is 0 Å². The van der Waals surface area contributed by atoms with Crippen LogP contribution in [0.3, 0.4) is 0 Å². The summed E-state index contributed by atoms with van der Waals surface area (Å²) in [4.78, 5) is 14.2. The van der Waals surface area contributed by atoms with Crippen LogP contribution in [0.1, 0.15) is 11.5 Å². The fourth-order valence-corrected chi connectivity index (χ4v) is 2.21. The zero-order chi connectivity index (χ0) is 17.4. The highest BCUT2D eigenvalue weighted by atomic mass is 35.5. The molecule has 0 unspecified atom stereocenters. The number of non-ortho nitro benzene ring substituents is 1. The Balaban J connectivity index is 2.01. The van der Waals surface area contributed by atoms with E-state index in [-0.39, 0.29) is 33.3 Å². The first-order chi connectivity index (χ1) is 11.3. The van der Waals surface area contributed by atoms with Crippen molar-refractivity contribution in [2.75, 3.05) is 0 Å². The fourth-order valence-electron chi connectivity index (χ4n) is 2.01. The first kappa shape index (κ1) is 15.9. The van der Waals surface area contributed by atoms with E-state index < -0.39 is 22.3 Å². The van der Waals surface area contributed by atoms with Crippen LogP contribution in [0.4, 0.5) is 14.5 Å². The predicted molar refractivity (Wildman–Crippen MR) is 82.4 cm³/mol. The lowest BCUT2D eigenvalue weighted by atomic mass is 10.2. The molecule has 122 valence electrons. The van der Waals surface area contributed by atoms with E-state index in [2.05, 4.69) is 4.98 Å². The Kier molecular flexibility index (Phi) is 3.90. The number of hydrogen-bond donors (Lipinski definition) is 1. The molecule has 0 bridgehead atoms. The monoisotopic (exact) mass is 352 g/mol. The molecule has 2 aromatic carbocycles. The summed E-state index contributed by atoms with van der Waals surface area (Å²) in [6.45, 7) is 0. The van der Waals surface area contributed by atoms with E-state index in [1.54, 1.807) is 0 Å². The van der Waals surface area contributed by atoms with Crippen LogP contribution in [-0.4, -0.2) is 15.0 Å². The van der Waals surface area contributed by atoms with Gasteiger partial charge in [-0.05, 0) is 29.8 Å². The largest absolute Gasteiger partial charge is 0.503 e. The van der Waals surface area contributed by atoms with Gasteiger partial charge in [-0.3, -0.25) is 10.1 Å². The van der Waals surface area contributed by atoms with Crippen molar-refractivity contribution in [2.24, 2.45) is 0 Å². The van der Waals surface area contributed by atoms with Crippen molar-refractivity contribution in [3.63, 3.8) is 0 Å². The molecule has 0 amide bonds. The number of nitro groups is 1. The highest BCUT2D eigenvalue weighted by molar-refractivity contribution is 6.50. The lowest BCUT2D eigenvalue weighted by Crippen LogP contribution is -1.86. The zero-order valence-corrected chi connectivity index (χ0v) is 12.4. The van der Waals surface area contributed by atoms with Crippen LogP contribution in [0, 0.1) is 21.7 Å². The molecule has 0 saturated heterocycles. The quantitative estimate of drug-likeness (QED) is 0.555.